The molecule has 2 rings (SSSR count). The van der Waals surface area contributed by atoms with Gasteiger partial charge in [-0.2, -0.15) is 0 Å². The molecule has 2 aromatic rings. The Bertz CT molecular complexity index is 612. The molecule has 0 spiro atoms. The van der Waals surface area contributed by atoms with Crippen molar-refractivity contribution in [1.82, 2.24) is 15.3 Å². The molecule has 1 aromatic heterocycles. The first kappa shape index (κ1) is 14.0. The van der Waals surface area contributed by atoms with Gasteiger partial charge in [-0.3, -0.25) is 4.79 Å². The molecule has 0 atom stereocenters. The minimum absolute atomic E-state index is 0.158. The van der Waals surface area contributed by atoms with Gasteiger partial charge in [0.05, 0.1) is 17.4 Å². The van der Waals surface area contributed by atoms with Crippen LogP contribution in [0, 0.1) is 0 Å². The fourth-order valence-corrected chi connectivity index (χ4v) is 1.98. The quantitative estimate of drug-likeness (QED) is 0.700. The molecule has 0 radical (unpaired) electrons. The van der Waals surface area contributed by atoms with Gasteiger partial charge in [0.15, 0.2) is 0 Å². The average molecular weight is 282 g/mol. The van der Waals surface area contributed by atoms with Crippen molar-refractivity contribution in [1.29, 1.82) is 0 Å². The molecule has 0 amide bonds. The van der Waals surface area contributed by atoms with Crippen LogP contribution in [0.3, 0.4) is 0 Å². The van der Waals surface area contributed by atoms with Gasteiger partial charge >= 0.3 is 0 Å². The zero-order valence-electron chi connectivity index (χ0n) is 10.4. The topological polar surface area (TPSA) is 78.0 Å². The molecule has 19 heavy (non-hydrogen) atoms. The van der Waals surface area contributed by atoms with Gasteiger partial charge in [-0.25, -0.2) is 4.98 Å². The van der Waals surface area contributed by atoms with E-state index in [4.69, 9.17) is 16.7 Å². The monoisotopic (exact) mass is 281 g/mol. The Hall–Kier alpha value is -1.43. The predicted octanol–water partition coefficient (Wildman–Crippen LogP) is 1.44. The fourth-order valence-electron chi connectivity index (χ4n) is 1.81. The van der Waals surface area contributed by atoms with Crippen LogP contribution in [0.5, 0.6) is 0 Å². The van der Waals surface area contributed by atoms with Crippen LogP contribution in [-0.2, 0) is 6.54 Å². The van der Waals surface area contributed by atoms with Crippen molar-refractivity contribution in [2.45, 2.75) is 19.4 Å². The molecule has 0 aliphatic rings. The maximum atomic E-state index is 11.8. The normalized spacial score (nSPS) is 11.1. The van der Waals surface area contributed by atoms with Crippen LogP contribution >= 0.6 is 11.6 Å². The highest BCUT2D eigenvalue weighted by atomic mass is 35.5. The summed E-state index contributed by atoms with van der Waals surface area (Å²) < 4.78 is 0. The van der Waals surface area contributed by atoms with E-state index >= 15 is 0 Å². The Kier molecular flexibility index (Phi) is 4.90. The molecule has 6 heteroatoms. The third-order valence-corrected chi connectivity index (χ3v) is 3.01. The summed E-state index contributed by atoms with van der Waals surface area (Å²) in [6.07, 6.45) is 1.66. The third-order valence-electron chi connectivity index (χ3n) is 2.77. The van der Waals surface area contributed by atoms with Crippen LogP contribution in [0.1, 0.15) is 18.7 Å². The minimum Gasteiger partial charge on any atom is -0.396 e. The van der Waals surface area contributed by atoms with Gasteiger partial charge in [-0.15, -0.1) is 0 Å². The highest BCUT2D eigenvalue weighted by Gasteiger charge is 2.04. The summed E-state index contributed by atoms with van der Waals surface area (Å²) in [5.41, 5.74) is 0.442. The van der Waals surface area contributed by atoms with E-state index in [0.717, 1.165) is 19.4 Å². The molecule has 0 fully saturated rings. The van der Waals surface area contributed by atoms with E-state index < -0.39 is 0 Å². The molecule has 1 heterocycles. The van der Waals surface area contributed by atoms with E-state index in [9.17, 15) is 4.79 Å². The second kappa shape index (κ2) is 6.65. The van der Waals surface area contributed by atoms with E-state index in [0.29, 0.717) is 28.3 Å². The zero-order chi connectivity index (χ0) is 13.7. The number of halogens is 1. The number of fused-ring (bicyclic) bond motifs is 1. The molecule has 0 saturated heterocycles. The number of hydrogen-bond acceptors (Lipinski definition) is 4. The molecule has 0 unspecified atom stereocenters. The molecule has 0 aliphatic heterocycles. The van der Waals surface area contributed by atoms with E-state index in [1.807, 2.05) is 0 Å². The Morgan fingerprint density at radius 1 is 1.37 bits per heavy atom. The van der Waals surface area contributed by atoms with Gasteiger partial charge in [0.25, 0.3) is 5.56 Å². The van der Waals surface area contributed by atoms with E-state index in [2.05, 4.69) is 15.3 Å². The number of nitrogens with one attached hydrogen (secondary N) is 2. The second-order valence-corrected chi connectivity index (χ2v) is 4.72. The van der Waals surface area contributed by atoms with E-state index in [1.165, 1.54) is 0 Å². The van der Waals surface area contributed by atoms with Gasteiger partial charge in [-0.05, 0) is 37.6 Å². The van der Waals surface area contributed by atoms with Crippen LogP contribution in [0.25, 0.3) is 10.9 Å². The zero-order valence-corrected chi connectivity index (χ0v) is 11.2. The fraction of sp³-hybridized carbons (Fsp3) is 0.385. The smallest absolute Gasteiger partial charge is 0.258 e. The van der Waals surface area contributed by atoms with Crippen molar-refractivity contribution >= 4 is 22.5 Å². The average Bonchev–Trinajstić information content (AvgIpc) is 2.38. The number of nitrogens with zero attached hydrogens (tertiary/aromatic N) is 1. The van der Waals surface area contributed by atoms with Crippen molar-refractivity contribution in [2.75, 3.05) is 13.2 Å². The second-order valence-electron chi connectivity index (χ2n) is 4.28. The van der Waals surface area contributed by atoms with Crippen molar-refractivity contribution < 1.29 is 5.11 Å². The van der Waals surface area contributed by atoms with Crippen LogP contribution in [-0.4, -0.2) is 28.2 Å². The maximum absolute atomic E-state index is 11.8. The highest BCUT2D eigenvalue weighted by molar-refractivity contribution is 6.31. The molecule has 0 bridgehead atoms. The first-order valence-electron chi connectivity index (χ1n) is 6.21. The number of hydrogen-bond donors (Lipinski definition) is 3. The summed E-state index contributed by atoms with van der Waals surface area (Å²) in [5.74, 6) is 0.587. The van der Waals surface area contributed by atoms with Crippen LogP contribution < -0.4 is 10.9 Å². The maximum Gasteiger partial charge on any atom is 0.258 e. The number of benzene rings is 1. The SMILES string of the molecule is O=c1[nH]c(CNCCCCO)nc2cc(Cl)ccc12. The Labute approximate surface area is 115 Å². The van der Waals surface area contributed by atoms with Gasteiger partial charge in [0.2, 0.25) is 0 Å². The highest BCUT2D eigenvalue weighted by Crippen LogP contribution is 2.14. The molecular formula is C13H16ClN3O2. The minimum atomic E-state index is -0.158. The number of aromatic nitrogens is 2. The lowest BCUT2D eigenvalue weighted by atomic mass is 10.2. The molecule has 0 aliphatic carbocycles. The van der Waals surface area contributed by atoms with Crippen molar-refractivity contribution in [3.8, 4) is 0 Å². The van der Waals surface area contributed by atoms with Crippen LogP contribution in [0.2, 0.25) is 5.02 Å². The summed E-state index contributed by atoms with van der Waals surface area (Å²) in [7, 11) is 0. The number of aliphatic hydroxyl groups is 1. The van der Waals surface area contributed by atoms with Gasteiger partial charge in [-0.1, -0.05) is 11.6 Å². The Morgan fingerprint density at radius 3 is 3.00 bits per heavy atom. The lowest BCUT2D eigenvalue weighted by Crippen LogP contribution is -2.20. The van der Waals surface area contributed by atoms with Gasteiger partial charge < -0.3 is 15.4 Å². The molecule has 102 valence electrons. The summed E-state index contributed by atoms with van der Waals surface area (Å²) in [6.45, 7) is 1.46. The van der Waals surface area contributed by atoms with Gasteiger partial charge in [0, 0.05) is 11.6 Å². The predicted molar refractivity (Wildman–Crippen MR) is 75.4 cm³/mol. The largest absolute Gasteiger partial charge is 0.396 e. The number of aliphatic hydroxyl groups excluding tert-OH is 1. The summed E-state index contributed by atoms with van der Waals surface area (Å²) in [6, 6.07) is 5.02. The van der Waals surface area contributed by atoms with Gasteiger partial charge in [0.1, 0.15) is 5.82 Å². The Balaban J connectivity index is 2.09. The molecule has 0 saturated carbocycles. The first-order chi connectivity index (χ1) is 9.20. The lowest BCUT2D eigenvalue weighted by Gasteiger charge is -2.05. The lowest BCUT2D eigenvalue weighted by molar-refractivity contribution is 0.283. The van der Waals surface area contributed by atoms with Crippen molar-refractivity contribution in [2.24, 2.45) is 0 Å². The standard InChI is InChI=1S/C13H16ClN3O2/c14-9-3-4-10-11(7-9)16-12(17-13(10)19)8-15-5-1-2-6-18/h3-4,7,15,18H,1-2,5-6,8H2,(H,16,17,19). The summed E-state index contributed by atoms with van der Waals surface area (Å²) in [4.78, 5) is 18.9. The molecule has 5 nitrogen and oxygen atoms in total. The molecular weight excluding hydrogens is 266 g/mol. The van der Waals surface area contributed by atoms with Crippen molar-refractivity contribution in [3.63, 3.8) is 0 Å². The number of unbranched alkanes of at least 4 members (excludes halogenated alkanes) is 1. The third kappa shape index (κ3) is 3.76. The number of rotatable bonds is 6. The molecule has 1 aromatic carbocycles. The summed E-state index contributed by atoms with van der Waals surface area (Å²) in [5, 5.41) is 12.9. The van der Waals surface area contributed by atoms with E-state index in [-0.39, 0.29) is 12.2 Å². The summed E-state index contributed by atoms with van der Waals surface area (Å²) >= 11 is 5.89. The van der Waals surface area contributed by atoms with Crippen LogP contribution in [0.4, 0.5) is 0 Å². The van der Waals surface area contributed by atoms with Crippen molar-refractivity contribution in [3.05, 3.63) is 39.4 Å². The number of H-pyrrole nitrogens is 1. The number of aromatic amines is 1. The molecule has 3 N–H and O–H groups in total. The first-order valence-corrected chi connectivity index (χ1v) is 6.58. The Morgan fingerprint density at radius 2 is 2.21 bits per heavy atom. The van der Waals surface area contributed by atoms with E-state index in [1.54, 1.807) is 18.2 Å². The van der Waals surface area contributed by atoms with Crippen LogP contribution in [0.15, 0.2) is 23.0 Å².